The van der Waals surface area contributed by atoms with E-state index in [9.17, 15) is 19.3 Å². The van der Waals surface area contributed by atoms with Gasteiger partial charge in [-0.25, -0.2) is 4.39 Å². The molecule has 3 rings (SSSR count). The Hall–Kier alpha value is -2.28. The summed E-state index contributed by atoms with van der Waals surface area (Å²) in [4.78, 5) is 24.9. The van der Waals surface area contributed by atoms with E-state index >= 15 is 0 Å². The molecule has 2 aromatic carbocycles. The number of nitro groups is 1. The van der Waals surface area contributed by atoms with Gasteiger partial charge in [-0.05, 0) is 47.0 Å². The zero-order valence-corrected chi connectivity index (χ0v) is 14.2. The Morgan fingerprint density at radius 2 is 2.00 bits per heavy atom. The van der Waals surface area contributed by atoms with Crippen molar-refractivity contribution < 1.29 is 14.1 Å². The molecule has 0 aliphatic heterocycles. The van der Waals surface area contributed by atoms with Crippen LogP contribution in [0.1, 0.15) is 28.8 Å². The largest absolute Gasteiger partial charge is 0.331 e. The van der Waals surface area contributed by atoms with Gasteiger partial charge in [0.25, 0.3) is 11.6 Å². The van der Waals surface area contributed by atoms with Crippen molar-refractivity contribution in [2.45, 2.75) is 25.4 Å². The molecule has 0 saturated heterocycles. The molecule has 0 unspecified atom stereocenters. The first kappa shape index (κ1) is 16.6. The number of rotatable bonds is 5. The van der Waals surface area contributed by atoms with Crippen LogP contribution < -0.4 is 0 Å². The molecule has 1 aliphatic carbocycles. The number of halogens is 2. The molecule has 1 aliphatic rings. The summed E-state index contributed by atoms with van der Waals surface area (Å²) in [5.74, 6) is -0.686. The summed E-state index contributed by atoms with van der Waals surface area (Å²) in [5, 5.41) is 11.0. The lowest BCUT2D eigenvalue weighted by Crippen LogP contribution is -2.33. The van der Waals surface area contributed by atoms with Crippen LogP contribution >= 0.6 is 15.9 Å². The Labute approximate surface area is 146 Å². The van der Waals surface area contributed by atoms with E-state index in [1.807, 2.05) is 0 Å². The predicted molar refractivity (Wildman–Crippen MR) is 90.1 cm³/mol. The highest BCUT2D eigenvalue weighted by Crippen LogP contribution is 2.32. The molecule has 124 valence electrons. The summed E-state index contributed by atoms with van der Waals surface area (Å²) in [6.07, 6.45) is 1.72. The van der Waals surface area contributed by atoms with Gasteiger partial charge in [0.15, 0.2) is 0 Å². The van der Waals surface area contributed by atoms with Crippen molar-refractivity contribution in [3.63, 3.8) is 0 Å². The van der Waals surface area contributed by atoms with Crippen LogP contribution in [0.15, 0.2) is 46.9 Å². The van der Waals surface area contributed by atoms with Crippen molar-refractivity contribution >= 4 is 27.5 Å². The summed E-state index contributed by atoms with van der Waals surface area (Å²) in [6, 6.07) is 10.6. The number of amides is 1. The van der Waals surface area contributed by atoms with Crippen molar-refractivity contribution in [3.05, 3.63) is 74.0 Å². The van der Waals surface area contributed by atoms with Gasteiger partial charge in [-0.3, -0.25) is 14.9 Å². The summed E-state index contributed by atoms with van der Waals surface area (Å²) in [5.41, 5.74) is 0.500. The average Bonchev–Trinajstić information content (AvgIpc) is 3.38. The van der Waals surface area contributed by atoms with Crippen LogP contribution in [-0.2, 0) is 6.54 Å². The van der Waals surface area contributed by atoms with Crippen LogP contribution in [0.2, 0.25) is 0 Å². The molecule has 0 atom stereocenters. The molecule has 24 heavy (non-hydrogen) atoms. The molecule has 0 aromatic heterocycles. The lowest BCUT2D eigenvalue weighted by Gasteiger charge is -2.23. The third kappa shape index (κ3) is 3.46. The van der Waals surface area contributed by atoms with Crippen LogP contribution in [0, 0.1) is 15.9 Å². The summed E-state index contributed by atoms with van der Waals surface area (Å²) < 4.78 is 14.2. The lowest BCUT2D eigenvalue weighted by molar-refractivity contribution is -0.385. The third-order valence-electron chi connectivity index (χ3n) is 3.94. The first-order chi connectivity index (χ1) is 11.5. The Bertz CT molecular complexity index is 808. The standard InChI is InChI=1S/C17H14BrFN2O3/c18-14-8-5-11(9-16(14)21(23)24)17(22)20(13-6-7-13)10-12-3-1-2-4-15(12)19/h1-5,8-9,13H,6-7,10H2. The van der Waals surface area contributed by atoms with Gasteiger partial charge in [0.05, 0.1) is 9.40 Å². The molecular weight excluding hydrogens is 379 g/mol. The van der Waals surface area contributed by atoms with E-state index in [4.69, 9.17) is 0 Å². The first-order valence-electron chi connectivity index (χ1n) is 7.45. The Morgan fingerprint density at radius 3 is 2.62 bits per heavy atom. The number of hydrogen-bond donors (Lipinski definition) is 0. The topological polar surface area (TPSA) is 63.4 Å². The molecule has 2 aromatic rings. The maximum atomic E-state index is 13.9. The summed E-state index contributed by atoms with van der Waals surface area (Å²) in [6.45, 7) is 0.153. The fourth-order valence-electron chi connectivity index (χ4n) is 2.51. The van der Waals surface area contributed by atoms with Crippen molar-refractivity contribution in [2.24, 2.45) is 0 Å². The van der Waals surface area contributed by atoms with E-state index < -0.39 is 4.92 Å². The predicted octanol–water partition coefficient (Wildman–Crippen LogP) is 4.30. The van der Waals surface area contributed by atoms with Crippen molar-refractivity contribution in [1.82, 2.24) is 4.90 Å². The average molecular weight is 393 g/mol. The van der Waals surface area contributed by atoms with Crippen LogP contribution in [-0.4, -0.2) is 21.8 Å². The first-order valence-corrected chi connectivity index (χ1v) is 8.25. The van der Waals surface area contributed by atoms with E-state index in [0.29, 0.717) is 10.0 Å². The van der Waals surface area contributed by atoms with Gasteiger partial charge in [-0.2, -0.15) is 0 Å². The van der Waals surface area contributed by atoms with Gasteiger partial charge in [0.1, 0.15) is 5.82 Å². The van der Waals surface area contributed by atoms with Crippen LogP contribution in [0.4, 0.5) is 10.1 Å². The maximum Gasteiger partial charge on any atom is 0.284 e. The minimum atomic E-state index is -0.542. The zero-order chi connectivity index (χ0) is 17.3. The molecule has 1 amide bonds. The SMILES string of the molecule is O=C(c1ccc(Br)c([N+](=O)[O-])c1)N(Cc1ccccc1F)C1CC1. The number of nitro benzene ring substituents is 1. The molecule has 1 saturated carbocycles. The number of nitrogens with zero attached hydrogens (tertiary/aromatic N) is 2. The smallest absolute Gasteiger partial charge is 0.284 e. The number of hydrogen-bond acceptors (Lipinski definition) is 3. The molecule has 0 spiro atoms. The van der Waals surface area contributed by atoms with Crippen LogP contribution in [0.5, 0.6) is 0 Å². The lowest BCUT2D eigenvalue weighted by atomic mass is 10.1. The van der Waals surface area contributed by atoms with Gasteiger partial charge in [0, 0.05) is 29.8 Å². The molecule has 7 heteroatoms. The van der Waals surface area contributed by atoms with E-state index in [0.717, 1.165) is 12.8 Å². The molecule has 0 bridgehead atoms. The van der Waals surface area contributed by atoms with Gasteiger partial charge in [0.2, 0.25) is 0 Å². The number of benzene rings is 2. The van der Waals surface area contributed by atoms with Gasteiger partial charge in [-0.15, -0.1) is 0 Å². The Morgan fingerprint density at radius 1 is 1.29 bits per heavy atom. The Kier molecular flexibility index (Phi) is 4.62. The fraction of sp³-hybridized carbons (Fsp3) is 0.235. The summed E-state index contributed by atoms with van der Waals surface area (Å²) in [7, 11) is 0. The monoisotopic (exact) mass is 392 g/mol. The third-order valence-corrected chi connectivity index (χ3v) is 4.61. The van der Waals surface area contributed by atoms with Crippen molar-refractivity contribution in [3.8, 4) is 0 Å². The van der Waals surface area contributed by atoms with E-state index in [1.54, 1.807) is 23.1 Å². The van der Waals surface area contributed by atoms with Gasteiger partial charge >= 0.3 is 0 Å². The van der Waals surface area contributed by atoms with E-state index in [-0.39, 0.29) is 35.6 Å². The molecular formula is C17H14BrFN2O3. The van der Waals surface area contributed by atoms with Crippen LogP contribution in [0.25, 0.3) is 0 Å². The second-order valence-electron chi connectivity index (χ2n) is 5.68. The zero-order valence-electron chi connectivity index (χ0n) is 12.6. The maximum absolute atomic E-state index is 13.9. The summed E-state index contributed by atoms with van der Waals surface area (Å²) >= 11 is 3.11. The van der Waals surface area contributed by atoms with Crippen molar-refractivity contribution in [1.29, 1.82) is 0 Å². The highest BCUT2D eigenvalue weighted by atomic mass is 79.9. The minimum Gasteiger partial charge on any atom is -0.331 e. The second-order valence-corrected chi connectivity index (χ2v) is 6.53. The molecule has 1 fully saturated rings. The van der Waals surface area contributed by atoms with Crippen LogP contribution in [0.3, 0.4) is 0 Å². The molecule has 0 heterocycles. The molecule has 5 nitrogen and oxygen atoms in total. The number of carbonyl (C=O) groups is 1. The fourth-order valence-corrected chi connectivity index (χ4v) is 2.91. The second kappa shape index (κ2) is 6.68. The van der Waals surface area contributed by atoms with E-state index in [1.165, 1.54) is 24.3 Å². The van der Waals surface area contributed by atoms with Gasteiger partial charge < -0.3 is 4.90 Å². The van der Waals surface area contributed by atoms with E-state index in [2.05, 4.69) is 15.9 Å². The quantitative estimate of drug-likeness (QED) is 0.562. The molecule has 0 radical (unpaired) electrons. The Balaban J connectivity index is 1.89. The van der Waals surface area contributed by atoms with Crippen molar-refractivity contribution in [2.75, 3.05) is 0 Å². The molecule has 0 N–H and O–H groups in total. The highest BCUT2D eigenvalue weighted by Gasteiger charge is 2.34. The normalized spacial score (nSPS) is 13.6. The number of carbonyl (C=O) groups excluding carboxylic acids is 1. The minimum absolute atomic E-state index is 0.0554. The van der Waals surface area contributed by atoms with Gasteiger partial charge in [-0.1, -0.05) is 18.2 Å². The highest BCUT2D eigenvalue weighted by molar-refractivity contribution is 9.10.